The highest BCUT2D eigenvalue weighted by Crippen LogP contribution is 2.38. The maximum Gasteiger partial charge on any atom is 0.239 e. The maximum atomic E-state index is 12.8. The molecule has 1 unspecified atom stereocenters. The summed E-state index contributed by atoms with van der Waals surface area (Å²) in [4.78, 5) is 26.3. The number of halogens is 2. The molecule has 0 bridgehead atoms. The zero-order valence-corrected chi connectivity index (χ0v) is 21.5. The Labute approximate surface area is 223 Å². The van der Waals surface area contributed by atoms with Crippen molar-refractivity contribution < 1.29 is 9.53 Å². The Morgan fingerprint density at radius 3 is 2.46 bits per heavy atom. The molecule has 4 heterocycles. The van der Waals surface area contributed by atoms with Gasteiger partial charge in [0.05, 0.1) is 23.9 Å². The van der Waals surface area contributed by atoms with E-state index in [1.807, 2.05) is 48.5 Å². The zero-order chi connectivity index (χ0) is 25.6. The number of hydrogen-bond donors (Lipinski definition) is 1. The second-order valence-electron chi connectivity index (χ2n) is 9.28. The lowest BCUT2D eigenvalue weighted by molar-refractivity contribution is -0.132. The first-order chi connectivity index (χ1) is 18.0. The molecule has 2 saturated heterocycles. The Morgan fingerprint density at radius 1 is 0.973 bits per heavy atom. The minimum absolute atomic E-state index is 0.328. The number of carbonyl (C=O) groups is 1. The molecular formula is C26H25Cl2N7O2. The van der Waals surface area contributed by atoms with Gasteiger partial charge in [-0.25, -0.2) is 14.6 Å². The molecule has 2 fully saturated rings. The van der Waals surface area contributed by atoms with Gasteiger partial charge >= 0.3 is 0 Å². The number of ether oxygens (including phenoxy) is 1. The van der Waals surface area contributed by atoms with Gasteiger partial charge in [0.25, 0.3) is 0 Å². The first kappa shape index (κ1) is 24.1. The van der Waals surface area contributed by atoms with Crippen LogP contribution in [0.5, 0.6) is 0 Å². The van der Waals surface area contributed by atoms with Gasteiger partial charge < -0.3 is 15.4 Å². The summed E-state index contributed by atoms with van der Waals surface area (Å²) in [6.45, 7) is 3.53. The number of para-hydroxylation sites is 1. The van der Waals surface area contributed by atoms with E-state index < -0.39 is 5.54 Å². The number of aromatic nitrogens is 4. The number of carbonyl (C=O) groups excluding carboxylic acids is 1. The molecule has 0 aliphatic carbocycles. The molecule has 6 rings (SSSR count). The van der Waals surface area contributed by atoms with Crippen LogP contribution in [-0.4, -0.2) is 75.5 Å². The molecule has 0 saturated carbocycles. The van der Waals surface area contributed by atoms with Crippen molar-refractivity contribution in [2.75, 3.05) is 44.3 Å². The molecule has 4 aromatic rings. The van der Waals surface area contributed by atoms with Crippen molar-refractivity contribution >= 4 is 46.0 Å². The largest absolute Gasteiger partial charge is 0.379 e. The lowest BCUT2D eigenvalue weighted by Gasteiger charge is -2.40. The van der Waals surface area contributed by atoms with Crippen LogP contribution >= 0.6 is 23.2 Å². The van der Waals surface area contributed by atoms with Crippen molar-refractivity contribution in [3.63, 3.8) is 0 Å². The first-order valence-corrected chi connectivity index (χ1v) is 12.9. The summed E-state index contributed by atoms with van der Waals surface area (Å²) < 4.78 is 7.31. The van der Waals surface area contributed by atoms with E-state index in [-0.39, 0.29) is 5.91 Å². The van der Waals surface area contributed by atoms with Gasteiger partial charge in [-0.3, -0.25) is 9.69 Å². The van der Waals surface area contributed by atoms with Crippen LogP contribution in [0.25, 0.3) is 28.0 Å². The maximum absolute atomic E-state index is 12.8. The van der Waals surface area contributed by atoms with Gasteiger partial charge in [0.1, 0.15) is 23.1 Å². The molecule has 11 heteroatoms. The van der Waals surface area contributed by atoms with Crippen LogP contribution in [0.2, 0.25) is 10.0 Å². The second-order valence-corrected chi connectivity index (χ2v) is 10.1. The Kier molecular flexibility index (Phi) is 6.24. The summed E-state index contributed by atoms with van der Waals surface area (Å²) >= 11 is 12.8. The molecule has 2 aliphatic heterocycles. The van der Waals surface area contributed by atoms with Crippen molar-refractivity contribution in [3.05, 3.63) is 64.9 Å². The number of hydrogen-bond acceptors (Lipinski definition) is 7. The molecule has 2 aromatic carbocycles. The van der Waals surface area contributed by atoms with Crippen molar-refractivity contribution in [2.24, 2.45) is 5.73 Å². The van der Waals surface area contributed by atoms with Gasteiger partial charge in [0, 0.05) is 36.8 Å². The zero-order valence-electron chi connectivity index (χ0n) is 20.0. The number of fused-ring (bicyclic) bond motifs is 1. The van der Waals surface area contributed by atoms with Crippen molar-refractivity contribution in [1.82, 2.24) is 24.6 Å². The summed E-state index contributed by atoms with van der Waals surface area (Å²) in [5.41, 5.74) is 8.89. The van der Waals surface area contributed by atoms with E-state index in [0.717, 1.165) is 16.9 Å². The minimum atomic E-state index is -0.786. The molecule has 1 amide bonds. The number of benzene rings is 2. The van der Waals surface area contributed by atoms with Crippen LogP contribution in [-0.2, 0) is 9.53 Å². The SMILES string of the molecule is NC(=O)C1(N2CCOCC2)CCN(c2ncnc3c(-c4ccc(Cl)cc4)n(-c4ccccc4Cl)nc23)C1. The van der Waals surface area contributed by atoms with Gasteiger partial charge in [-0.05, 0) is 30.7 Å². The van der Waals surface area contributed by atoms with Gasteiger partial charge in [0.2, 0.25) is 5.91 Å². The first-order valence-electron chi connectivity index (χ1n) is 12.1. The summed E-state index contributed by atoms with van der Waals surface area (Å²) in [6.07, 6.45) is 2.14. The third kappa shape index (κ3) is 4.12. The Bertz CT molecular complexity index is 1470. The molecule has 0 spiro atoms. The number of primary amides is 1. The fraction of sp³-hybridized carbons (Fsp3) is 0.308. The van der Waals surface area contributed by atoms with Crippen molar-refractivity contribution in [3.8, 4) is 16.9 Å². The van der Waals surface area contributed by atoms with Gasteiger partial charge in [0.15, 0.2) is 11.3 Å². The van der Waals surface area contributed by atoms with E-state index in [2.05, 4.69) is 19.8 Å². The molecule has 1 atom stereocenters. The molecule has 2 N–H and O–H groups in total. The molecule has 2 aromatic heterocycles. The normalized spacial score (nSPS) is 20.5. The standard InChI is InChI=1S/C26H25Cl2N7O2/c27-18-7-5-17(6-8-18)23-21-22(32-35(23)20-4-2-1-3-19(20)28)24(31-16-30-21)33-10-9-26(15-33,25(29)36)34-11-13-37-14-12-34/h1-8,16H,9-15H2,(H2,29,36). The predicted molar refractivity (Wildman–Crippen MR) is 143 cm³/mol. The Morgan fingerprint density at radius 2 is 1.73 bits per heavy atom. The average molecular weight is 538 g/mol. The minimum Gasteiger partial charge on any atom is -0.379 e. The van der Waals surface area contributed by atoms with E-state index in [9.17, 15) is 4.79 Å². The lowest BCUT2D eigenvalue weighted by atomic mass is 9.94. The predicted octanol–water partition coefficient (Wildman–Crippen LogP) is 3.56. The summed E-state index contributed by atoms with van der Waals surface area (Å²) in [5.74, 6) is 0.327. The second kappa shape index (κ2) is 9.57. The third-order valence-corrected chi connectivity index (χ3v) is 7.83. The van der Waals surface area contributed by atoms with Crippen LogP contribution < -0.4 is 10.6 Å². The van der Waals surface area contributed by atoms with E-state index in [0.29, 0.717) is 72.7 Å². The van der Waals surface area contributed by atoms with Crippen LogP contribution in [0.15, 0.2) is 54.9 Å². The molecule has 37 heavy (non-hydrogen) atoms. The monoisotopic (exact) mass is 537 g/mol. The number of morpholine rings is 1. The van der Waals surface area contributed by atoms with E-state index in [1.54, 1.807) is 4.68 Å². The smallest absolute Gasteiger partial charge is 0.239 e. The van der Waals surface area contributed by atoms with Gasteiger partial charge in [-0.15, -0.1) is 0 Å². The summed E-state index contributed by atoms with van der Waals surface area (Å²) in [6, 6.07) is 15.0. The molecule has 0 radical (unpaired) electrons. The molecule has 190 valence electrons. The van der Waals surface area contributed by atoms with Crippen LogP contribution in [0.1, 0.15) is 6.42 Å². The number of rotatable bonds is 5. The average Bonchev–Trinajstić information content (AvgIpc) is 3.53. The molecule has 2 aliphatic rings. The van der Waals surface area contributed by atoms with E-state index in [1.165, 1.54) is 6.33 Å². The fourth-order valence-electron chi connectivity index (χ4n) is 5.36. The topological polar surface area (TPSA) is 102 Å². The number of amides is 1. The van der Waals surface area contributed by atoms with Crippen LogP contribution in [0.4, 0.5) is 5.82 Å². The van der Waals surface area contributed by atoms with Gasteiger partial charge in [-0.2, -0.15) is 5.10 Å². The number of nitrogens with zero attached hydrogens (tertiary/aromatic N) is 6. The van der Waals surface area contributed by atoms with Gasteiger partial charge in [-0.1, -0.05) is 47.5 Å². The van der Waals surface area contributed by atoms with E-state index in [4.69, 9.17) is 38.8 Å². The highest BCUT2D eigenvalue weighted by atomic mass is 35.5. The number of nitrogens with two attached hydrogens (primary N) is 1. The lowest BCUT2D eigenvalue weighted by Crippen LogP contribution is -2.62. The van der Waals surface area contributed by atoms with Crippen molar-refractivity contribution in [1.29, 1.82) is 0 Å². The fourth-order valence-corrected chi connectivity index (χ4v) is 5.70. The Hall–Kier alpha value is -3.24. The van der Waals surface area contributed by atoms with Crippen LogP contribution in [0.3, 0.4) is 0 Å². The van der Waals surface area contributed by atoms with E-state index >= 15 is 0 Å². The summed E-state index contributed by atoms with van der Waals surface area (Å²) in [7, 11) is 0. The molecular weight excluding hydrogens is 513 g/mol. The van der Waals surface area contributed by atoms with Crippen molar-refractivity contribution in [2.45, 2.75) is 12.0 Å². The van der Waals surface area contributed by atoms with Crippen LogP contribution in [0, 0.1) is 0 Å². The highest BCUT2D eigenvalue weighted by Gasteiger charge is 2.49. The quantitative estimate of drug-likeness (QED) is 0.415. The summed E-state index contributed by atoms with van der Waals surface area (Å²) in [5, 5.41) is 6.17. The molecule has 9 nitrogen and oxygen atoms in total. The number of anilines is 1. The Balaban J connectivity index is 1.49. The highest BCUT2D eigenvalue weighted by molar-refractivity contribution is 6.32. The third-order valence-electron chi connectivity index (χ3n) is 7.26.